The van der Waals surface area contributed by atoms with Gasteiger partial charge in [-0.1, -0.05) is 36.4 Å². The third kappa shape index (κ3) is 3.62. The molecule has 156 valence electrons. The van der Waals surface area contributed by atoms with Gasteiger partial charge in [0, 0.05) is 30.9 Å². The van der Waals surface area contributed by atoms with Gasteiger partial charge in [0.1, 0.15) is 12.2 Å². The van der Waals surface area contributed by atoms with E-state index < -0.39 is 6.10 Å². The molecular formula is C23H21N5O3. The van der Waals surface area contributed by atoms with Gasteiger partial charge in [-0.05, 0) is 24.6 Å². The Balaban J connectivity index is 1.59. The van der Waals surface area contributed by atoms with Crippen LogP contribution in [0.1, 0.15) is 6.42 Å². The number of fused-ring (bicyclic) bond motifs is 1. The molecule has 0 bridgehead atoms. The van der Waals surface area contributed by atoms with E-state index in [4.69, 9.17) is 5.10 Å². The van der Waals surface area contributed by atoms with Crippen LogP contribution in [0.3, 0.4) is 0 Å². The number of benzene rings is 1. The van der Waals surface area contributed by atoms with Crippen molar-refractivity contribution in [1.29, 1.82) is 0 Å². The minimum absolute atomic E-state index is 0.167. The van der Waals surface area contributed by atoms with Crippen LogP contribution in [0.2, 0.25) is 0 Å². The number of carbonyl (C=O) groups is 1. The summed E-state index contributed by atoms with van der Waals surface area (Å²) in [4.78, 5) is 26.6. The van der Waals surface area contributed by atoms with E-state index in [9.17, 15) is 14.7 Å². The average molecular weight is 415 g/mol. The van der Waals surface area contributed by atoms with Crippen LogP contribution in [0.5, 0.6) is 0 Å². The Morgan fingerprint density at radius 3 is 2.61 bits per heavy atom. The summed E-state index contributed by atoms with van der Waals surface area (Å²) in [5.41, 5.74) is 3.54. The molecule has 1 aliphatic heterocycles. The van der Waals surface area contributed by atoms with Crippen LogP contribution in [0, 0.1) is 0 Å². The van der Waals surface area contributed by atoms with Gasteiger partial charge < -0.3 is 10.0 Å². The van der Waals surface area contributed by atoms with Gasteiger partial charge in [0.25, 0.3) is 5.56 Å². The van der Waals surface area contributed by atoms with Crippen LogP contribution in [0.25, 0.3) is 28.0 Å². The van der Waals surface area contributed by atoms with E-state index in [2.05, 4.69) is 5.10 Å². The molecular weight excluding hydrogens is 394 g/mol. The second-order valence-corrected chi connectivity index (χ2v) is 7.62. The van der Waals surface area contributed by atoms with Crippen LogP contribution in [-0.4, -0.2) is 54.5 Å². The Bertz CT molecular complexity index is 1310. The zero-order valence-electron chi connectivity index (χ0n) is 16.8. The highest BCUT2D eigenvalue weighted by Gasteiger charge is 2.25. The largest absolute Gasteiger partial charge is 0.391 e. The lowest BCUT2D eigenvalue weighted by atomic mass is 10.0. The molecule has 1 aliphatic rings. The van der Waals surface area contributed by atoms with Crippen LogP contribution in [-0.2, 0) is 11.3 Å². The van der Waals surface area contributed by atoms with Gasteiger partial charge in [0.2, 0.25) is 5.91 Å². The molecule has 1 aromatic carbocycles. The number of aliphatic hydroxyl groups is 1. The molecule has 1 amide bonds. The Labute approximate surface area is 178 Å². The Hall–Kier alpha value is -3.78. The number of carbonyl (C=O) groups excluding carboxylic acids is 1. The molecule has 5 rings (SSSR count). The first-order valence-corrected chi connectivity index (χ1v) is 10.2. The third-order valence-electron chi connectivity index (χ3n) is 5.51. The molecule has 3 aromatic heterocycles. The molecule has 0 unspecified atom stereocenters. The lowest BCUT2D eigenvalue weighted by Crippen LogP contribution is -2.36. The standard InChI is InChI=1S/C23H21N5O3/c29-17-11-13-26(14-17)21(31)15-28-20(30)10-9-18(24-28)22-19-8-4-5-12-27(19)25-23(22)16-6-2-1-3-7-16/h1-10,12,17,29H,11,13-15H2/t17-/m1/s1. The lowest BCUT2D eigenvalue weighted by Gasteiger charge is -2.16. The summed E-state index contributed by atoms with van der Waals surface area (Å²) >= 11 is 0. The molecule has 0 aliphatic carbocycles. The average Bonchev–Trinajstić information content (AvgIpc) is 3.40. The molecule has 0 saturated carbocycles. The molecule has 1 saturated heterocycles. The smallest absolute Gasteiger partial charge is 0.267 e. The van der Waals surface area contributed by atoms with E-state index in [-0.39, 0.29) is 18.0 Å². The van der Waals surface area contributed by atoms with Gasteiger partial charge in [0.15, 0.2) is 0 Å². The second kappa shape index (κ2) is 7.81. The summed E-state index contributed by atoms with van der Waals surface area (Å²) in [5, 5.41) is 18.9. The highest BCUT2D eigenvalue weighted by atomic mass is 16.3. The number of pyridine rings is 1. The van der Waals surface area contributed by atoms with Crippen molar-refractivity contribution in [3.63, 3.8) is 0 Å². The van der Waals surface area contributed by atoms with Gasteiger partial charge in [-0.3, -0.25) is 9.59 Å². The normalized spacial score (nSPS) is 16.2. The van der Waals surface area contributed by atoms with Crippen LogP contribution < -0.4 is 5.56 Å². The van der Waals surface area contributed by atoms with Crippen LogP contribution >= 0.6 is 0 Å². The van der Waals surface area contributed by atoms with Crippen molar-refractivity contribution >= 4 is 11.4 Å². The number of rotatable bonds is 4. The molecule has 4 aromatic rings. The SMILES string of the molecule is O=C(Cn1nc(-c2c(-c3ccccc3)nn3ccccc23)ccc1=O)N1CC[C@@H](O)C1. The summed E-state index contributed by atoms with van der Waals surface area (Å²) in [5.74, 6) is -0.230. The van der Waals surface area contributed by atoms with Crippen molar-refractivity contribution in [3.8, 4) is 22.5 Å². The quantitative estimate of drug-likeness (QED) is 0.549. The van der Waals surface area contributed by atoms with Crippen molar-refractivity contribution < 1.29 is 9.90 Å². The van der Waals surface area contributed by atoms with Crippen molar-refractivity contribution in [3.05, 3.63) is 77.2 Å². The lowest BCUT2D eigenvalue weighted by molar-refractivity contribution is -0.131. The molecule has 1 fully saturated rings. The Morgan fingerprint density at radius 1 is 1.03 bits per heavy atom. The number of aromatic nitrogens is 4. The molecule has 0 radical (unpaired) electrons. The first-order chi connectivity index (χ1) is 15.1. The van der Waals surface area contributed by atoms with E-state index in [1.807, 2.05) is 54.7 Å². The summed E-state index contributed by atoms with van der Waals surface area (Å²) in [6.07, 6.45) is 1.91. The van der Waals surface area contributed by atoms with E-state index >= 15 is 0 Å². The summed E-state index contributed by atoms with van der Waals surface area (Å²) < 4.78 is 2.97. The van der Waals surface area contributed by atoms with Crippen LogP contribution in [0.4, 0.5) is 0 Å². The number of likely N-dealkylation sites (tertiary alicyclic amines) is 1. The maximum atomic E-state index is 12.6. The monoisotopic (exact) mass is 415 g/mol. The number of β-amino-alcohol motifs (C(OH)–C–C–N with tert-alkyl or cyclic N) is 1. The summed E-state index contributed by atoms with van der Waals surface area (Å²) in [6, 6.07) is 18.6. The zero-order chi connectivity index (χ0) is 21.4. The molecule has 8 heteroatoms. The van der Waals surface area contributed by atoms with Gasteiger partial charge in [-0.2, -0.15) is 10.2 Å². The topological polar surface area (TPSA) is 92.7 Å². The Morgan fingerprint density at radius 2 is 1.84 bits per heavy atom. The van der Waals surface area contributed by atoms with E-state index in [1.165, 1.54) is 10.7 Å². The predicted molar refractivity (Wildman–Crippen MR) is 115 cm³/mol. The van der Waals surface area contributed by atoms with Crippen LogP contribution in [0.15, 0.2) is 71.7 Å². The fourth-order valence-corrected chi connectivity index (χ4v) is 3.94. The van der Waals surface area contributed by atoms with Crippen molar-refractivity contribution in [2.24, 2.45) is 0 Å². The first-order valence-electron chi connectivity index (χ1n) is 10.2. The van der Waals surface area contributed by atoms with Gasteiger partial charge in [-0.25, -0.2) is 9.20 Å². The van der Waals surface area contributed by atoms with Crippen molar-refractivity contribution in [1.82, 2.24) is 24.3 Å². The van der Waals surface area contributed by atoms with E-state index in [0.717, 1.165) is 22.3 Å². The number of hydrogen-bond acceptors (Lipinski definition) is 5. The van der Waals surface area contributed by atoms with Gasteiger partial charge in [-0.15, -0.1) is 0 Å². The van der Waals surface area contributed by atoms with Crippen molar-refractivity contribution in [2.45, 2.75) is 19.1 Å². The molecule has 1 N–H and O–H groups in total. The fraction of sp³-hybridized carbons (Fsp3) is 0.217. The van der Waals surface area contributed by atoms with Gasteiger partial charge >= 0.3 is 0 Å². The number of amides is 1. The predicted octanol–water partition coefficient (Wildman–Crippen LogP) is 1.82. The number of aliphatic hydroxyl groups excluding tert-OH is 1. The minimum atomic E-state index is -0.507. The second-order valence-electron chi connectivity index (χ2n) is 7.62. The Kier molecular flexibility index (Phi) is 4.83. The van der Waals surface area contributed by atoms with Crippen molar-refractivity contribution in [2.75, 3.05) is 13.1 Å². The first kappa shape index (κ1) is 19.2. The molecule has 1 atom stereocenters. The maximum absolute atomic E-state index is 12.6. The minimum Gasteiger partial charge on any atom is -0.391 e. The number of nitrogens with zero attached hydrogens (tertiary/aromatic N) is 5. The van der Waals surface area contributed by atoms with E-state index in [1.54, 1.807) is 15.5 Å². The zero-order valence-corrected chi connectivity index (χ0v) is 16.8. The molecule has 8 nitrogen and oxygen atoms in total. The third-order valence-corrected chi connectivity index (χ3v) is 5.51. The van der Waals surface area contributed by atoms with Gasteiger partial charge in [0.05, 0.1) is 22.9 Å². The fourth-order valence-electron chi connectivity index (χ4n) is 3.94. The van der Waals surface area contributed by atoms with E-state index in [0.29, 0.717) is 25.2 Å². The maximum Gasteiger partial charge on any atom is 0.267 e. The molecule has 0 spiro atoms. The summed E-state index contributed by atoms with van der Waals surface area (Å²) in [6.45, 7) is 0.611. The molecule has 4 heterocycles. The summed E-state index contributed by atoms with van der Waals surface area (Å²) in [7, 11) is 0. The highest BCUT2D eigenvalue weighted by molar-refractivity contribution is 5.90. The molecule has 31 heavy (non-hydrogen) atoms. The highest BCUT2D eigenvalue weighted by Crippen LogP contribution is 2.33. The number of hydrogen-bond donors (Lipinski definition) is 1.